The second-order valence-electron chi connectivity index (χ2n) is 22.3. The van der Waals surface area contributed by atoms with Crippen molar-refractivity contribution in [3.8, 4) is 0 Å². The van der Waals surface area contributed by atoms with Gasteiger partial charge < -0.3 is 20.1 Å². The van der Waals surface area contributed by atoms with Crippen LogP contribution in [0.2, 0.25) is 0 Å². The van der Waals surface area contributed by atoms with E-state index in [9.17, 15) is 19.0 Å². The molecule has 0 bridgehead atoms. The lowest BCUT2D eigenvalue weighted by Gasteiger charge is -2.19. The van der Waals surface area contributed by atoms with Crippen molar-refractivity contribution in [1.82, 2.24) is 0 Å². The average molecular weight is 1270 g/mol. The van der Waals surface area contributed by atoms with E-state index in [0.29, 0.717) is 12.8 Å². The number of ether oxygens (including phenoxy) is 2. The van der Waals surface area contributed by atoms with Crippen molar-refractivity contribution in [3.63, 3.8) is 0 Å². The molecular formula is C81H126NO8P. The zero-order chi connectivity index (χ0) is 65.8. The third-order valence-electron chi connectivity index (χ3n) is 13.9. The molecule has 0 saturated carbocycles. The second kappa shape index (κ2) is 73.4. The first-order valence-corrected chi connectivity index (χ1v) is 36.7. The lowest BCUT2D eigenvalue weighted by atomic mass is 10.1. The van der Waals surface area contributed by atoms with E-state index in [1.165, 1.54) is 38.5 Å². The Kier molecular flexibility index (Phi) is 68.8. The van der Waals surface area contributed by atoms with Gasteiger partial charge in [-0.2, -0.15) is 0 Å². The molecule has 0 spiro atoms. The van der Waals surface area contributed by atoms with Crippen molar-refractivity contribution in [1.29, 1.82) is 0 Å². The first-order valence-electron chi connectivity index (χ1n) is 35.2. The molecule has 10 heteroatoms. The van der Waals surface area contributed by atoms with Crippen LogP contribution in [-0.2, 0) is 32.7 Å². The van der Waals surface area contributed by atoms with Gasteiger partial charge in [0.05, 0.1) is 13.2 Å². The Hall–Kier alpha value is -5.67. The third kappa shape index (κ3) is 73.3. The van der Waals surface area contributed by atoms with Gasteiger partial charge >= 0.3 is 19.8 Å². The molecule has 0 amide bonds. The summed E-state index contributed by atoms with van der Waals surface area (Å²) in [6, 6.07) is 0. The van der Waals surface area contributed by atoms with Gasteiger partial charge in [-0.3, -0.25) is 18.6 Å². The highest BCUT2D eigenvalue weighted by molar-refractivity contribution is 7.47. The van der Waals surface area contributed by atoms with Crippen molar-refractivity contribution in [3.05, 3.63) is 219 Å². The summed E-state index contributed by atoms with van der Waals surface area (Å²) < 4.78 is 33.1. The molecule has 0 aliphatic rings. The molecule has 0 aliphatic carbocycles. The van der Waals surface area contributed by atoms with Crippen molar-refractivity contribution in [2.75, 3.05) is 26.4 Å². The molecule has 0 heterocycles. The predicted molar refractivity (Wildman–Crippen MR) is 394 cm³/mol. The summed E-state index contributed by atoms with van der Waals surface area (Å²) in [5, 5.41) is 0. The smallest absolute Gasteiger partial charge is 0.462 e. The highest BCUT2D eigenvalue weighted by Gasteiger charge is 2.26. The van der Waals surface area contributed by atoms with Crippen LogP contribution in [0.1, 0.15) is 245 Å². The van der Waals surface area contributed by atoms with Crippen LogP contribution in [0.5, 0.6) is 0 Å². The fourth-order valence-electron chi connectivity index (χ4n) is 8.74. The van der Waals surface area contributed by atoms with Crippen LogP contribution in [0, 0.1) is 0 Å². The molecule has 91 heavy (non-hydrogen) atoms. The Balaban J connectivity index is 4.06. The molecule has 3 N–H and O–H groups in total. The molecule has 0 radical (unpaired) electrons. The summed E-state index contributed by atoms with van der Waals surface area (Å²) in [5.41, 5.74) is 5.40. The normalized spacial score (nSPS) is 14.3. The first kappa shape index (κ1) is 85.3. The maximum absolute atomic E-state index is 12.8. The number of esters is 2. The predicted octanol–water partition coefficient (Wildman–Crippen LogP) is 23.6. The van der Waals surface area contributed by atoms with Gasteiger partial charge in [0.25, 0.3) is 0 Å². The summed E-state index contributed by atoms with van der Waals surface area (Å²) in [7, 11) is -4.42. The van der Waals surface area contributed by atoms with Crippen molar-refractivity contribution >= 4 is 19.8 Å². The molecule has 2 atom stereocenters. The minimum absolute atomic E-state index is 0.0363. The topological polar surface area (TPSA) is 134 Å². The number of phosphoric ester groups is 1. The van der Waals surface area contributed by atoms with Crippen LogP contribution in [0.3, 0.4) is 0 Å². The minimum Gasteiger partial charge on any atom is -0.462 e. The summed E-state index contributed by atoms with van der Waals surface area (Å²) in [6.45, 7) is 3.45. The van der Waals surface area contributed by atoms with Gasteiger partial charge in [-0.05, 0) is 154 Å². The van der Waals surface area contributed by atoms with Gasteiger partial charge in [0.1, 0.15) is 6.61 Å². The van der Waals surface area contributed by atoms with Gasteiger partial charge in [0.2, 0.25) is 0 Å². The molecule has 2 unspecified atom stereocenters. The van der Waals surface area contributed by atoms with Gasteiger partial charge in [-0.25, -0.2) is 4.57 Å². The van der Waals surface area contributed by atoms with E-state index in [2.05, 4.69) is 233 Å². The molecule has 0 aliphatic heterocycles. The summed E-state index contributed by atoms with van der Waals surface area (Å²) in [4.78, 5) is 35.4. The monoisotopic (exact) mass is 1270 g/mol. The van der Waals surface area contributed by atoms with Crippen molar-refractivity contribution in [2.24, 2.45) is 5.73 Å². The highest BCUT2D eigenvalue weighted by Crippen LogP contribution is 2.43. The molecular weight excluding hydrogens is 1150 g/mol. The lowest BCUT2D eigenvalue weighted by molar-refractivity contribution is -0.161. The molecule has 0 aromatic rings. The number of nitrogens with two attached hydrogens (primary N) is 1. The number of hydrogen-bond acceptors (Lipinski definition) is 8. The number of allylic oxidation sites excluding steroid dienone is 36. The van der Waals surface area contributed by atoms with Crippen LogP contribution in [0.15, 0.2) is 219 Å². The number of hydrogen-bond donors (Lipinski definition) is 2. The maximum atomic E-state index is 12.8. The van der Waals surface area contributed by atoms with Gasteiger partial charge in [0, 0.05) is 19.4 Å². The van der Waals surface area contributed by atoms with E-state index in [0.717, 1.165) is 167 Å². The van der Waals surface area contributed by atoms with Crippen molar-refractivity contribution in [2.45, 2.75) is 251 Å². The fraction of sp³-hybridized carbons (Fsp3) is 0.531. The minimum atomic E-state index is -4.42. The van der Waals surface area contributed by atoms with E-state index in [-0.39, 0.29) is 32.6 Å². The Morgan fingerprint density at radius 3 is 0.846 bits per heavy atom. The zero-order valence-corrected chi connectivity index (χ0v) is 57.9. The summed E-state index contributed by atoms with van der Waals surface area (Å²) in [6.07, 6.45) is 114. The van der Waals surface area contributed by atoms with Crippen LogP contribution >= 0.6 is 7.82 Å². The Labute approximate surface area is 556 Å². The molecule has 9 nitrogen and oxygen atoms in total. The second-order valence-corrected chi connectivity index (χ2v) is 23.7. The molecule has 0 aromatic carbocycles. The molecule has 0 fully saturated rings. The molecule has 0 saturated heterocycles. The third-order valence-corrected chi connectivity index (χ3v) is 14.8. The Morgan fingerprint density at radius 1 is 0.330 bits per heavy atom. The Bertz CT molecular complexity index is 2290. The maximum Gasteiger partial charge on any atom is 0.472 e. The molecule has 508 valence electrons. The van der Waals surface area contributed by atoms with E-state index in [4.69, 9.17) is 24.3 Å². The average Bonchev–Trinajstić information content (AvgIpc) is 3.68. The standard InChI is InChI=1S/C81H126NO8P/c1-3-5-7-9-11-13-15-17-19-21-23-25-27-29-31-33-35-37-39-41-43-45-47-49-51-53-55-57-59-61-63-65-67-69-71-73-80(83)87-77-79(78-89-91(85,86)88-76-75-82)90-81(84)74-72-70-68-66-64-62-60-58-56-54-52-50-48-46-44-42-40-38-36-34-32-30-28-26-24-22-20-18-16-14-12-10-8-6-4-2/h5-8,11-14,17-20,23-26,29-32,35-38,41-44,47-50,54,56,60,62,79H,3-4,9-10,15-16,21-22,27-28,33-34,39-40,45-46,51-53,55,57-59,61,63-78,82H2,1-2H3,(H,85,86)/b7-5-,8-6-,13-11-,14-12-,19-17-,20-18-,25-23-,26-24-,31-29-,32-30-,37-35-,38-36-,43-41-,44-42-,49-47-,50-48-,56-54-,62-60-. The van der Waals surface area contributed by atoms with Crippen LogP contribution in [-0.4, -0.2) is 49.3 Å². The quantitative estimate of drug-likeness (QED) is 0.0264. The number of carbonyl (C=O) groups excluding carboxylic acids is 2. The van der Waals surface area contributed by atoms with E-state index in [1.807, 2.05) is 0 Å². The lowest BCUT2D eigenvalue weighted by Crippen LogP contribution is -2.29. The van der Waals surface area contributed by atoms with E-state index >= 15 is 0 Å². The number of carbonyl (C=O) groups is 2. The van der Waals surface area contributed by atoms with Crippen molar-refractivity contribution < 1.29 is 37.6 Å². The zero-order valence-electron chi connectivity index (χ0n) is 57.0. The Morgan fingerprint density at radius 2 is 0.571 bits per heavy atom. The number of rotatable bonds is 63. The summed E-state index contributed by atoms with van der Waals surface area (Å²) >= 11 is 0. The number of phosphoric acid groups is 1. The van der Waals surface area contributed by atoms with E-state index in [1.54, 1.807) is 0 Å². The molecule has 0 rings (SSSR count). The van der Waals surface area contributed by atoms with E-state index < -0.39 is 32.5 Å². The van der Waals surface area contributed by atoms with Gasteiger partial charge in [0.15, 0.2) is 6.10 Å². The van der Waals surface area contributed by atoms with Gasteiger partial charge in [-0.15, -0.1) is 0 Å². The first-order chi connectivity index (χ1) is 44.8. The summed E-state index contributed by atoms with van der Waals surface area (Å²) in [5.74, 6) is -0.878. The molecule has 0 aromatic heterocycles. The van der Waals surface area contributed by atoms with Crippen LogP contribution < -0.4 is 5.73 Å². The largest absolute Gasteiger partial charge is 0.472 e. The highest BCUT2D eigenvalue weighted by atomic mass is 31.2. The fourth-order valence-corrected chi connectivity index (χ4v) is 9.50. The SMILES string of the molecule is CC/C=C\C/C=C\C/C=C\C/C=C\C/C=C\C/C=C\C/C=C\C/C=C\C/C=C\C/C=C\CCCCCCC(=O)OC(COC(=O)CCCCCCCCCCCC/C=C\C/C=C\C/C=C\C/C=C\C/C=C\C/C=C\C/C=C\C/C=C\CC)COP(=O)(O)OCCN. The number of unbranched alkanes of at least 4 members (excludes halogenated alkanes) is 14. The van der Waals surface area contributed by atoms with Gasteiger partial charge in [-0.1, -0.05) is 297 Å². The van der Waals surface area contributed by atoms with Crippen LogP contribution in [0.25, 0.3) is 0 Å². The van der Waals surface area contributed by atoms with Crippen LogP contribution in [0.4, 0.5) is 0 Å².